The van der Waals surface area contributed by atoms with Crippen LogP contribution in [0.15, 0.2) is 23.8 Å². The molecule has 0 amide bonds. The minimum atomic E-state index is -4.83. The van der Waals surface area contributed by atoms with Crippen molar-refractivity contribution < 1.29 is 27.8 Å². The predicted octanol–water partition coefficient (Wildman–Crippen LogP) is 3.57. The summed E-state index contributed by atoms with van der Waals surface area (Å²) in [6, 6.07) is 4.68. The number of alkyl halides is 3. The fourth-order valence-corrected chi connectivity index (χ4v) is 2.52. The Bertz CT molecular complexity index is 617. The monoisotopic (exact) mass is 286 g/mol. The topological polar surface area (TPSA) is 46.5 Å². The molecular formula is C14H13F3O3. The van der Waals surface area contributed by atoms with E-state index in [1.807, 2.05) is 0 Å². The molecule has 0 saturated carbocycles. The number of carbonyl (C=O) groups is 1. The van der Waals surface area contributed by atoms with Gasteiger partial charge in [-0.25, -0.2) is 4.79 Å². The fourth-order valence-electron chi connectivity index (χ4n) is 2.52. The number of halogens is 3. The highest BCUT2D eigenvalue weighted by atomic mass is 19.4. The van der Waals surface area contributed by atoms with E-state index in [4.69, 9.17) is 4.74 Å². The first-order chi connectivity index (χ1) is 9.09. The van der Waals surface area contributed by atoms with Crippen LogP contribution in [0.25, 0.3) is 5.57 Å². The van der Waals surface area contributed by atoms with E-state index in [1.165, 1.54) is 13.0 Å². The lowest BCUT2D eigenvalue weighted by atomic mass is 9.83. The lowest BCUT2D eigenvalue weighted by Gasteiger charge is -2.38. The van der Waals surface area contributed by atoms with Gasteiger partial charge in [-0.1, -0.05) is 12.1 Å². The van der Waals surface area contributed by atoms with E-state index >= 15 is 0 Å². The smallest absolute Gasteiger partial charge is 0.432 e. The average molecular weight is 286 g/mol. The number of rotatable bonds is 1. The molecule has 1 aliphatic heterocycles. The van der Waals surface area contributed by atoms with Crippen LogP contribution in [-0.2, 0) is 4.79 Å². The molecule has 0 aromatic heterocycles. The van der Waals surface area contributed by atoms with Gasteiger partial charge >= 0.3 is 12.1 Å². The molecule has 1 aliphatic rings. The second-order valence-electron chi connectivity index (χ2n) is 4.89. The molecule has 0 aliphatic carbocycles. The molecule has 1 heterocycles. The van der Waals surface area contributed by atoms with E-state index in [9.17, 15) is 23.1 Å². The molecule has 1 aromatic carbocycles. The molecule has 0 fully saturated rings. The summed E-state index contributed by atoms with van der Waals surface area (Å²) < 4.78 is 44.9. The fraction of sp³-hybridized carbons (Fsp3) is 0.357. The lowest BCUT2D eigenvalue weighted by molar-refractivity contribution is -0.229. The van der Waals surface area contributed by atoms with Crippen LogP contribution in [0.4, 0.5) is 13.2 Å². The highest BCUT2D eigenvalue weighted by Crippen LogP contribution is 2.48. The zero-order valence-electron chi connectivity index (χ0n) is 11.1. The summed E-state index contributed by atoms with van der Waals surface area (Å²) in [6.45, 7) is 3.81. The highest BCUT2D eigenvalue weighted by molar-refractivity contribution is 6.00. The Morgan fingerprint density at radius 3 is 2.40 bits per heavy atom. The summed E-state index contributed by atoms with van der Waals surface area (Å²) in [5.74, 6) is -1.58. The molecule has 1 unspecified atom stereocenters. The van der Waals surface area contributed by atoms with E-state index in [0.29, 0.717) is 11.1 Å². The second kappa shape index (κ2) is 4.26. The summed E-state index contributed by atoms with van der Waals surface area (Å²) in [5.41, 5.74) is -2.47. The van der Waals surface area contributed by atoms with Crippen LogP contribution in [0.5, 0.6) is 5.75 Å². The van der Waals surface area contributed by atoms with E-state index in [2.05, 4.69) is 0 Å². The van der Waals surface area contributed by atoms with Crippen molar-refractivity contribution in [1.29, 1.82) is 0 Å². The van der Waals surface area contributed by atoms with Crippen molar-refractivity contribution in [2.45, 2.75) is 32.5 Å². The van der Waals surface area contributed by atoms with Crippen LogP contribution in [0.3, 0.4) is 0 Å². The van der Waals surface area contributed by atoms with Crippen molar-refractivity contribution in [3.63, 3.8) is 0 Å². The van der Waals surface area contributed by atoms with Crippen molar-refractivity contribution in [2.75, 3.05) is 0 Å². The standard InChI is InChI=1S/C14H13F3O3/c1-7-5-4-6-9-10(7)8(2)11(12(18)19)13(3,20-9)14(15,16)17/h4-6H,1-3H3,(H,18,19). The number of carboxylic acid groups (broad SMARTS) is 1. The molecule has 3 nitrogen and oxygen atoms in total. The Kier molecular flexibility index (Phi) is 3.07. The van der Waals surface area contributed by atoms with Crippen LogP contribution in [0, 0.1) is 6.92 Å². The molecule has 1 atom stereocenters. The minimum absolute atomic E-state index is 0.0484. The number of carboxylic acids is 1. The largest absolute Gasteiger partial charge is 0.478 e. The summed E-state index contributed by atoms with van der Waals surface area (Å²) in [6.07, 6.45) is -4.83. The van der Waals surface area contributed by atoms with Gasteiger partial charge in [0, 0.05) is 5.56 Å². The van der Waals surface area contributed by atoms with Crippen LogP contribution in [-0.4, -0.2) is 22.9 Å². The van der Waals surface area contributed by atoms with Gasteiger partial charge in [-0.2, -0.15) is 13.2 Å². The van der Waals surface area contributed by atoms with Crippen molar-refractivity contribution in [3.8, 4) is 5.75 Å². The highest BCUT2D eigenvalue weighted by Gasteiger charge is 2.60. The van der Waals surface area contributed by atoms with Gasteiger partial charge in [0.1, 0.15) is 5.75 Å². The molecule has 1 aromatic rings. The third-order valence-electron chi connectivity index (χ3n) is 3.53. The van der Waals surface area contributed by atoms with Gasteiger partial charge < -0.3 is 9.84 Å². The average Bonchev–Trinajstić information content (AvgIpc) is 2.26. The Hall–Kier alpha value is -1.98. The number of aryl methyl sites for hydroxylation is 1. The summed E-state index contributed by atoms with van der Waals surface area (Å²) >= 11 is 0. The normalized spacial score (nSPS) is 22.3. The Labute approximate surface area is 113 Å². The van der Waals surface area contributed by atoms with Gasteiger partial charge in [0.15, 0.2) is 0 Å². The number of hydrogen-bond donors (Lipinski definition) is 1. The van der Waals surface area contributed by atoms with Crippen LogP contribution in [0.1, 0.15) is 25.0 Å². The molecule has 0 spiro atoms. The third-order valence-corrected chi connectivity index (χ3v) is 3.53. The molecule has 0 bridgehead atoms. The number of aliphatic carboxylic acids is 1. The van der Waals surface area contributed by atoms with Gasteiger partial charge in [-0.15, -0.1) is 0 Å². The predicted molar refractivity (Wildman–Crippen MR) is 66.5 cm³/mol. The zero-order valence-corrected chi connectivity index (χ0v) is 11.1. The van der Waals surface area contributed by atoms with Crippen molar-refractivity contribution in [1.82, 2.24) is 0 Å². The molecule has 2 rings (SSSR count). The molecule has 20 heavy (non-hydrogen) atoms. The first kappa shape index (κ1) is 14.4. The Balaban J connectivity index is 2.82. The lowest BCUT2D eigenvalue weighted by Crippen LogP contribution is -2.53. The minimum Gasteiger partial charge on any atom is -0.478 e. The van der Waals surface area contributed by atoms with Crippen LogP contribution >= 0.6 is 0 Å². The second-order valence-corrected chi connectivity index (χ2v) is 4.89. The van der Waals surface area contributed by atoms with Gasteiger partial charge in [0.05, 0.1) is 5.57 Å². The van der Waals surface area contributed by atoms with Crippen molar-refractivity contribution in [3.05, 3.63) is 34.9 Å². The third kappa shape index (κ3) is 1.87. The van der Waals surface area contributed by atoms with Crippen LogP contribution < -0.4 is 4.74 Å². The SMILES string of the molecule is CC1=C(C(=O)O)C(C)(C(F)(F)F)Oc2cccc(C)c21. The maximum Gasteiger partial charge on any atom is 0.432 e. The van der Waals surface area contributed by atoms with E-state index in [-0.39, 0.29) is 11.3 Å². The molecule has 108 valence electrons. The van der Waals surface area contributed by atoms with Crippen LogP contribution in [0.2, 0.25) is 0 Å². The van der Waals surface area contributed by atoms with E-state index < -0.39 is 23.3 Å². The number of ether oxygens (including phenoxy) is 1. The summed E-state index contributed by atoms with van der Waals surface area (Å²) in [7, 11) is 0. The van der Waals surface area contributed by atoms with Crippen molar-refractivity contribution >= 4 is 11.5 Å². The zero-order chi connectivity index (χ0) is 15.3. The molecule has 6 heteroatoms. The van der Waals surface area contributed by atoms with Gasteiger partial charge in [0.25, 0.3) is 0 Å². The van der Waals surface area contributed by atoms with E-state index in [1.54, 1.807) is 19.1 Å². The van der Waals surface area contributed by atoms with Gasteiger partial charge in [-0.3, -0.25) is 0 Å². The molecule has 0 radical (unpaired) electrons. The first-order valence-electron chi connectivity index (χ1n) is 5.90. The molecule has 0 saturated heterocycles. The number of allylic oxidation sites excluding steroid dienone is 1. The number of fused-ring (bicyclic) bond motifs is 1. The summed E-state index contributed by atoms with van der Waals surface area (Å²) in [5, 5.41) is 9.19. The van der Waals surface area contributed by atoms with Gasteiger partial charge in [0.2, 0.25) is 5.60 Å². The Morgan fingerprint density at radius 2 is 1.90 bits per heavy atom. The van der Waals surface area contributed by atoms with E-state index in [0.717, 1.165) is 6.92 Å². The molecule has 1 N–H and O–H groups in total. The quantitative estimate of drug-likeness (QED) is 0.858. The molecular weight excluding hydrogens is 273 g/mol. The maximum atomic E-state index is 13.3. The number of hydrogen-bond acceptors (Lipinski definition) is 2. The van der Waals surface area contributed by atoms with Gasteiger partial charge in [-0.05, 0) is 38.0 Å². The number of benzene rings is 1. The first-order valence-corrected chi connectivity index (χ1v) is 5.90. The maximum absolute atomic E-state index is 13.3. The van der Waals surface area contributed by atoms with Crippen molar-refractivity contribution in [2.24, 2.45) is 0 Å². The summed E-state index contributed by atoms with van der Waals surface area (Å²) in [4.78, 5) is 11.3. The Morgan fingerprint density at radius 1 is 1.30 bits per heavy atom.